The number of carbonyl (C=O) groups is 1. The molecule has 1 unspecified atom stereocenters. The highest BCUT2D eigenvalue weighted by molar-refractivity contribution is 6.31. The number of benzene rings is 1. The fraction of sp³-hybridized carbons (Fsp3) is 0.611. The summed E-state index contributed by atoms with van der Waals surface area (Å²) < 4.78 is 0. The summed E-state index contributed by atoms with van der Waals surface area (Å²) in [5.41, 5.74) is 0.922. The van der Waals surface area contributed by atoms with E-state index in [1.807, 2.05) is 24.3 Å². The summed E-state index contributed by atoms with van der Waals surface area (Å²) in [6, 6.07) is 8.05. The number of piperidine rings is 1. The van der Waals surface area contributed by atoms with Gasteiger partial charge in [-0.15, -0.1) is 0 Å². The van der Waals surface area contributed by atoms with Gasteiger partial charge in [0.2, 0.25) is 5.91 Å². The van der Waals surface area contributed by atoms with Crippen LogP contribution >= 0.6 is 11.6 Å². The van der Waals surface area contributed by atoms with Crippen molar-refractivity contribution in [2.75, 3.05) is 26.7 Å². The second-order valence-electron chi connectivity index (χ2n) is 6.30. The number of halogens is 1. The van der Waals surface area contributed by atoms with Gasteiger partial charge in [0.1, 0.15) is 0 Å². The van der Waals surface area contributed by atoms with Crippen LogP contribution in [0.25, 0.3) is 0 Å². The van der Waals surface area contributed by atoms with Gasteiger partial charge in [-0.2, -0.15) is 0 Å². The highest BCUT2D eigenvalue weighted by atomic mass is 35.5. The number of nitrogens with zero attached hydrogens (tertiary/aromatic N) is 2. The first-order valence-electron chi connectivity index (χ1n) is 8.44. The number of aliphatic hydroxyl groups excluding tert-OH is 1. The molecule has 5 heteroatoms. The first kappa shape index (κ1) is 18.2. The van der Waals surface area contributed by atoms with Gasteiger partial charge in [-0.3, -0.25) is 4.79 Å². The molecule has 1 aliphatic heterocycles. The van der Waals surface area contributed by atoms with Crippen LogP contribution in [0.4, 0.5) is 0 Å². The lowest BCUT2D eigenvalue weighted by atomic mass is 9.98. The van der Waals surface area contributed by atoms with Gasteiger partial charge in [-0.25, -0.2) is 0 Å². The van der Waals surface area contributed by atoms with Crippen LogP contribution in [0.1, 0.15) is 37.7 Å². The molecule has 0 saturated carbocycles. The molecule has 2 rings (SSSR count). The van der Waals surface area contributed by atoms with Crippen LogP contribution in [0.3, 0.4) is 0 Å². The SMILES string of the molecule is CN1CCCCC1CCC(=O)N(CCO)Cc1ccccc1Cl. The number of rotatable bonds is 7. The molecule has 4 nitrogen and oxygen atoms in total. The number of hydrogen-bond acceptors (Lipinski definition) is 3. The van der Waals surface area contributed by atoms with E-state index in [0.29, 0.717) is 30.6 Å². The quantitative estimate of drug-likeness (QED) is 0.831. The molecule has 23 heavy (non-hydrogen) atoms. The minimum Gasteiger partial charge on any atom is -0.395 e. The van der Waals surface area contributed by atoms with E-state index in [1.54, 1.807) is 4.90 Å². The summed E-state index contributed by atoms with van der Waals surface area (Å²) >= 11 is 6.18. The van der Waals surface area contributed by atoms with Gasteiger partial charge in [0.05, 0.1) is 6.61 Å². The minimum absolute atomic E-state index is 0.0283. The van der Waals surface area contributed by atoms with Crippen LogP contribution in [0.5, 0.6) is 0 Å². The Balaban J connectivity index is 1.91. The van der Waals surface area contributed by atoms with Crippen molar-refractivity contribution in [3.05, 3.63) is 34.9 Å². The fourth-order valence-corrected chi connectivity index (χ4v) is 3.40. The van der Waals surface area contributed by atoms with Gasteiger partial charge >= 0.3 is 0 Å². The monoisotopic (exact) mass is 338 g/mol. The zero-order valence-electron chi connectivity index (χ0n) is 13.9. The summed E-state index contributed by atoms with van der Waals surface area (Å²) in [6.45, 7) is 1.91. The predicted octanol–water partition coefficient (Wildman–Crippen LogP) is 2.93. The van der Waals surface area contributed by atoms with Crippen LogP contribution in [0, 0.1) is 0 Å². The maximum Gasteiger partial charge on any atom is 0.223 e. The second kappa shape index (κ2) is 9.26. The summed E-state index contributed by atoms with van der Waals surface area (Å²) in [4.78, 5) is 16.6. The molecular weight excluding hydrogens is 312 g/mol. The van der Waals surface area contributed by atoms with Crippen LogP contribution in [0.2, 0.25) is 5.02 Å². The van der Waals surface area contributed by atoms with E-state index in [2.05, 4.69) is 11.9 Å². The third-order valence-electron chi connectivity index (χ3n) is 4.65. The van der Waals surface area contributed by atoms with Crippen molar-refractivity contribution in [2.45, 2.75) is 44.7 Å². The Bertz CT molecular complexity index is 510. The Morgan fingerprint density at radius 2 is 2.17 bits per heavy atom. The Morgan fingerprint density at radius 3 is 2.87 bits per heavy atom. The highest BCUT2D eigenvalue weighted by Crippen LogP contribution is 2.21. The van der Waals surface area contributed by atoms with E-state index < -0.39 is 0 Å². The molecule has 1 fully saturated rings. The largest absolute Gasteiger partial charge is 0.395 e. The van der Waals surface area contributed by atoms with E-state index in [9.17, 15) is 9.90 Å². The maximum atomic E-state index is 12.6. The zero-order chi connectivity index (χ0) is 16.7. The van der Waals surface area contributed by atoms with Crippen LogP contribution in [-0.2, 0) is 11.3 Å². The lowest BCUT2D eigenvalue weighted by Gasteiger charge is -2.33. The fourth-order valence-electron chi connectivity index (χ4n) is 3.20. The molecule has 0 bridgehead atoms. The number of aliphatic hydroxyl groups is 1. The van der Waals surface area contributed by atoms with Crippen molar-refractivity contribution in [1.29, 1.82) is 0 Å². The van der Waals surface area contributed by atoms with Crippen molar-refractivity contribution in [1.82, 2.24) is 9.80 Å². The molecule has 1 aromatic carbocycles. The molecule has 1 amide bonds. The third-order valence-corrected chi connectivity index (χ3v) is 5.02. The maximum absolute atomic E-state index is 12.6. The van der Waals surface area contributed by atoms with Crippen molar-refractivity contribution >= 4 is 17.5 Å². The predicted molar refractivity (Wildman–Crippen MR) is 93.5 cm³/mol. The normalized spacial score (nSPS) is 18.8. The smallest absolute Gasteiger partial charge is 0.223 e. The minimum atomic E-state index is -0.0283. The molecule has 128 valence electrons. The van der Waals surface area contributed by atoms with Gasteiger partial charge in [-0.1, -0.05) is 36.2 Å². The van der Waals surface area contributed by atoms with E-state index >= 15 is 0 Å². The van der Waals surface area contributed by atoms with Crippen molar-refractivity contribution in [3.63, 3.8) is 0 Å². The van der Waals surface area contributed by atoms with Crippen molar-refractivity contribution in [3.8, 4) is 0 Å². The van der Waals surface area contributed by atoms with Crippen LogP contribution in [0.15, 0.2) is 24.3 Å². The molecular formula is C18H27ClN2O2. The van der Waals surface area contributed by atoms with Gasteiger partial charge in [0, 0.05) is 30.6 Å². The number of amides is 1. The summed E-state index contributed by atoms with van der Waals surface area (Å²) in [5.74, 6) is 0.0953. The van der Waals surface area contributed by atoms with Crippen molar-refractivity contribution in [2.24, 2.45) is 0 Å². The zero-order valence-corrected chi connectivity index (χ0v) is 14.6. The first-order chi connectivity index (χ1) is 11.1. The molecule has 0 radical (unpaired) electrons. The van der Waals surface area contributed by atoms with Crippen LogP contribution < -0.4 is 0 Å². The average Bonchev–Trinajstić information content (AvgIpc) is 2.55. The van der Waals surface area contributed by atoms with E-state index in [1.165, 1.54) is 19.3 Å². The molecule has 1 aliphatic rings. The molecule has 0 aromatic heterocycles. The third kappa shape index (κ3) is 5.48. The molecule has 0 spiro atoms. The highest BCUT2D eigenvalue weighted by Gasteiger charge is 2.21. The Hall–Kier alpha value is -1.10. The molecule has 1 atom stereocenters. The van der Waals surface area contributed by atoms with E-state index in [0.717, 1.165) is 18.5 Å². The van der Waals surface area contributed by atoms with Crippen LogP contribution in [-0.4, -0.2) is 53.6 Å². The van der Waals surface area contributed by atoms with Gasteiger partial charge in [0.25, 0.3) is 0 Å². The Kier molecular flexibility index (Phi) is 7.34. The number of carbonyl (C=O) groups excluding carboxylic acids is 1. The molecule has 1 aromatic rings. The molecule has 0 aliphatic carbocycles. The number of hydrogen-bond donors (Lipinski definition) is 1. The van der Waals surface area contributed by atoms with Gasteiger partial charge < -0.3 is 14.9 Å². The number of likely N-dealkylation sites (tertiary alicyclic amines) is 1. The first-order valence-corrected chi connectivity index (χ1v) is 8.82. The molecule has 1 saturated heterocycles. The standard InChI is InChI=1S/C18H27ClN2O2/c1-20-11-5-4-7-16(20)9-10-18(23)21(12-13-22)14-15-6-2-3-8-17(15)19/h2-3,6,8,16,22H,4-5,7,9-14H2,1H3. The Morgan fingerprint density at radius 1 is 1.39 bits per heavy atom. The molecule has 1 N–H and O–H groups in total. The summed E-state index contributed by atoms with van der Waals surface area (Å²) in [5, 5.41) is 9.92. The lowest BCUT2D eigenvalue weighted by molar-refractivity contribution is -0.132. The molecule has 1 heterocycles. The average molecular weight is 339 g/mol. The Labute approximate surface area is 144 Å². The second-order valence-corrected chi connectivity index (χ2v) is 6.71. The van der Waals surface area contributed by atoms with E-state index in [-0.39, 0.29) is 12.5 Å². The summed E-state index contributed by atoms with van der Waals surface area (Å²) in [7, 11) is 2.14. The topological polar surface area (TPSA) is 43.8 Å². The lowest BCUT2D eigenvalue weighted by Crippen LogP contribution is -2.38. The summed E-state index contributed by atoms with van der Waals surface area (Å²) in [6.07, 6.45) is 5.10. The van der Waals surface area contributed by atoms with E-state index in [4.69, 9.17) is 11.6 Å². The van der Waals surface area contributed by atoms with Gasteiger partial charge in [-0.05, 0) is 44.5 Å². The van der Waals surface area contributed by atoms with Gasteiger partial charge in [0.15, 0.2) is 0 Å². The van der Waals surface area contributed by atoms with Crippen molar-refractivity contribution < 1.29 is 9.90 Å².